The van der Waals surface area contributed by atoms with Crippen molar-refractivity contribution in [2.24, 2.45) is 0 Å². The second-order valence-electron chi connectivity index (χ2n) is 8.64. The van der Waals surface area contributed by atoms with E-state index >= 15 is 0 Å². The second kappa shape index (κ2) is 11.8. The van der Waals surface area contributed by atoms with Gasteiger partial charge in [0.2, 0.25) is 0 Å². The quantitative estimate of drug-likeness (QED) is 0.225. The SMILES string of the molecule is CCCCOc1ccc(C2/C(=C(\O)c3ccc(OC)cc3)C(=O)C(=O)N2CCN(C)C)cc1OC. The van der Waals surface area contributed by atoms with Crippen LogP contribution in [0.3, 0.4) is 0 Å². The van der Waals surface area contributed by atoms with Gasteiger partial charge in [-0.1, -0.05) is 19.4 Å². The van der Waals surface area contributed by atoms with Crippen molar-refractivity contribution in [2.45, 2.75) is 25.8 Å². The molecule has 0 bridgehead atoms. The molecule has 1 heterocycles. The minimum atomic E-state index is -0.768. The van der Waals surface area contributed by atoms with Gasteiger partial charge in [0.15, 0.2) is 11.5 Å². The molecule has 8 nitrogen and oxygen atoms in total. The summed E-state index contributed by atoms with van der Waals surface area (Å²) in [6, 6.07) is 11.3. The van der Waals surface area contributed by atoms with Crippen molar-refractivity contribution >= 4 is 17.4 Å². The first-order valence-corrected chi connectivity index (χ1v) is 11.7. The normalized spacial score (nSPS) is 17.2. The van der Waals surface area contributed by atoms with E-state index in [1.165, 1.54) is 4.90 Å². The van der Waals surface area contributed by atoms with Gasteiger partial charge in [-0.3, -0.25) is 9.59 Å². The van der Waals surface area contributed by atoms with E-state index < -0.39 is 17.7 Å². The Morgan fingerprint density at radius 1 is 1.03 bits per heavy atom. The molecule has 8 heteroatoms. The summed E-state index contributed by atoms with van der Waals surface area (Å²) in [5.41, 5.74) is 1.12. The molecule has 1 aliphatic heterocycles. The number of hydrogen-bond acceptors (Lipinski definition) is 7. The summed E-state index contributed by atoms with van der Waals surface area (Å²) >= 11 is 0. The highest BCUT2D eigenvalue weighted by Crippen LogP contribution is 2.42. The molecule has 1 aliphatic rings. The third-order valence-electron chi connectivity index (χ3n) is 5.95. The van der Waals surface area contributed by atoms with E-state index in [4.69, 9.17) is 14.2 Å². The number of likely N-dealkylation sites (N-methyl/N-ethyl adjacent to an activating group) is 1. The number of unbranched alkanes of at least 4 members (excludes halogenated alkanes) is 1. The molecule has 188 valence electrons. The number of aliphatic hydroxyl groups excluding tert-OH is 1. The van der Waals surface area contributed by atoms with E-state index in [2.05, 4.69) is 6.92 Å². The molecule has 0 radical (unpaired) electrons. The molecule has 1 fully saturated rings. The average Bonchev–Trinajstić information content (AvgIpc) is 3.12. The zero-order valence-corrected chi connectivity index (χ0v) is 21.0. The van der Waals surface area contributed by atoms with Gasteiger partial charge in [-0.05, 0) is 62.5 Å². The summed E-state index contributed by atoms with van der Waals surface area (Å²) in [6.07, 6.45) is 1.92. The van der Waals surface area contributed by atoms with Crippen molar-refractivity contribution in [3.8, 4) is 17.2 Å². The molecule has 1 saturated heterocycles. The number of carbonyl (C=O) groups is 2. The highest BCUT2D eigenvalue weighted by Gasteiger charge is 2.46. The molecule has 0 aromatic heterocycles. The predicted octanol–water partition coefficient (Wildman–Crippen LogP) is 3.87. The smallest absolute Gasteiger partial charge is 0.295 e. The third-order valence-corrected chi connectivity index (χ3v) is 5.95. The van der Waals surface area contributed by atoms with E-state index in [9.17, 15) is 14.7 Å². The zero-order valence-electron chi connectivity index (χ0n) is 21.0. The Morgan fingerprint density at radius 2 is 1.74 bits per heavy atom. The molecule has 2 aromatic rings. The maximum absolute atomic E-state index is 13.2. The molecular formula is C27H34N2O6. The van der Waals surface area contributed by atoms with Crippen molar-refractivity contribution in [3.63, 3.8) is 0 Å². The monoisotopic (exact) mass is 482 g/mol. The van der Waals surface area contributed by atoms with Crippen LogP contribution in [0.5, 0.6) is 17.2 Å². The molecule has 1 N–H and O–H groups in total. The van der Waals surface area contributed by atoms with Crippen molar-refractivity contribution in [1.82, 2.24) is 9.80 Å². The van der Waals surface area contributed by atoms with Crippen LogP contribution in [0.2, 0.25) is 0 Å². The largest absolute Gasteiger partial charge is 0.507 e. The Kier molecular flexibility index (Phi) is 8.76. The summed E-state index contributed by atoms with van der Waals surface area (Å²) in [6.45, 7) is 3.52. The molecule has 2 aromatic carbocycles. The lowest BCUT2D eigenvalue weighted by atomic mass is 9.95. The van der Waals surface area contributed by atoms with Crippen LogP contribution < -0.4 is 14.2 Å². The van der Waals surface area contributed by atoms with Gasteiger partial charge in [-0.15, -0.1) is 0 Å². The first kappa shape index (κ1) is 26.1. The molecule has 3 rings (SSSR count). The lowest BCUT2D eigenvalue weighted by molar-refractivity contribution is -0.140. The Hall–Kier alpha value is -3.52. The van der Waals surface area contributed by atoms with E-state index in [0.29, 0.717) is 48.1 Å². The molecule has 0 aliphatic carbocycles. The van der Waals surface area contributed by atoms with Crippen LogP contribution >= 0.6 is 0 Å². The van der Waals surface area contributed by atoms with Crippen LogP contribution in [0.25, 0.3) is 5.76 Å². The number of aliphatic hydroxyl groups is 1. The molecule has 1 unspecified atom stereocenters. The van der Waals surface area contributed by atoms with Crippen molar-refractivity contribution in [1.29, 1.82) is 0 Å². The number of ether oxygens (including phenoxy) is 3. The zero-order chi connectivity index (χ0) is 25.5. The van der Waals surface area contributed by atoms with Gasteiger partial charge in [0.05, 0.1) is 32.4 Å². The average molecular weight is 483 g/mol. The van der Waals surface area contributed by atoms with Crippen LogP contribution in [-0.2, 0) is 9.59 Å². The third kappa shape index (κ3) is 5.77. The molecule has 0 spiro atoms. The first-order chi connectivity index (χ1) is 16.8. The number of Topliss-reactive ketones (excluding diaryl/α,β-unsaturated/α-hetero) is 1. The number of rotatable bonds is 11. The minimum Gasteiger partial charge on any atom is -0.507 e. The fourth-order valence-electron chi connectivity index (χ4n) is 3.97. The summed E-state index contributed by atoms with van der Waals surface area (Å²) in [4.78, 5) is 29.7. The summed E-state index contributed by atoms with van der Waals surface area (Å²) < 4.78 is 16.6. The van der Waals surface area contributed by atoms with Crippen LogP contribution in [-0.4, -0.2) is 74.6 Å². The van der Waals surface area contributed by atoms with E-state index in [-0.39, 0.29) is 11.3 Å². The van der Waals surface area contributed by atoms with Gasteiger partial charge in [-0.25, -0.2) is 0 Å². The molecule has 1 atom stereocenters. The maximum atomic E-state index is 13.2. The molecule has 1 amide bonds. The number of likely N-dealkylation sites (tertiary alicyclic amines) is 1. The van der Waals surface area contributed by atoms with E-state index in [1.807, 2.05) is 25.1 Å². The standard InChI is InChI=1S/C27H34N2O6/c1-6-7-16-35-21-13-10-19(17-22(21)34-5)24-23(25(30)18-8-11-20(33-4)12-9-18)26(31)27(32)29(24)15-14-28(2)3/h8-13,17,24,30H,6-7,14-16H2,1-5H3/b25-23+. The molecule has 35 heavy (non-hydrogen) atoms. The number of benzene rings is 2. The first-order valence-electron chi connectivity index (χ1n) is 11.7. The molecular weight excluding hydrogens is 448 g/mol. The fourth-order valence-corrected chi connectivity index (χ4v) is 3.97. The van der Waals surface area contributed by atoms with E-state index in [1.54, 1.807) is 50.6 Å². The fraction of sp³-hybridized carbons (Fsp3) is 0.407. The number of carbonyl (C=O) groups excluding carboxylic acids is 2. The van der Waals surface area contributed by atoms with E-state index in [0.717, 1.165) is 12.8 Å². The van der Waals surface area contributed by atoms with Gasteiger partial charge < -0.3 is 29.1 Å². The van der Waals surface area contributed by atoms with Gasteiger partial charge in [0.1, 0.15) is 11.5 Å². The van der Waals surface area contributed by atoms with Crippen LogP contribution in [0.15, 0.2) is 48.0 Å². The van der Waals surface area contributed by atoms with Crippen LogP contribution in [0.1, 0.15) is 36.9 Å². The van der Waals surface area contributed by atoms with Gasteiger partial charge in [0, 0.05) is 18.7 Å². The Balaban J connectivity index is 2.10. The number of ketones is 1. The Morgan fingerprint density at radius 3 is 2.34 bits per heavy atom. The summed E-state index contributed by atoms with van der Waals surface area (Å²) in [5, 5.41) is 11.2. The topological polar surface area (TPSA) is 88.5 Å². The summed E-state index contributed by atoms with van der Waals surface area (Å²) in [5.74, 6) is 0.114. The van der Waals surface area contributed by atoms with Gasteiger partial charge in [-0.2, -0.15) is 0 Å². The van der Waals surface area contributed by atoms with Gasteiger partial charge >= 0.3 is 0 Å². The highest BCUT2D eigenvalue weighted by molar-refractivity contribution is 6.46. The van der Waals surface area contributed by atoms with Crippen LogP contribution in [0.4, 0.5) is 0 Å². The minimum absolute atomic E-state index is 0.0422. The lowest BCUT2D eigenvalue weighted by Gasteiger charge is -2.27. The maximum Gasteiger partial charge on any atom is 0.295 e. The Labute approximate surface area is 206 Å². The van der Waals surface area contributed by atoms with Crippen molar-refractivity contribution in [2.75, 3.05) is 48.0 Å². The number of amides is 1. The second-order valence-corrected chi connectivity index (χ2v) is 8.64. The number of methoxy groups -OCH3 is 2. The number of hydrogen-bond donors (Lipinski definition) is 1. The lowest BCUT2D eigenvalue weighted by Crippen LogP contribution is -2.35. The molecule has 0 saturated carbocycles. The number of nitrogens with zero attached hydrogens (tertiary/aromatic N) is 2. The van der Waals surface area contributed by atoms with Crippen molar-refractivity contribution < 1.29 is 28.9 Å². The summed E-state index contributed by atoms with van der Waals surface area (Å²) in [7, 11) is 6.89. The van der Waals surface area contributed by atoms with Gasteiger partial charge in [0.25, 0.3) is 11.7 Å². The predicted molar refractivity (Wildman–Crippen MR) is 134 cm³/mol. The van der Waals surface area contributed by atoms with Crippen LogP contribution in [0, 0.1) is 0 Å². The van der Waals surface area contributed by atoms with Crippen molar-refractivity contribution in [3.05, 3.63) is 59.2 Å². The Bertz CT molecular complexity index is 1080. The highest BCUT2D eigenvalue weighted by atomic mass is 16.5.